The van der Waals surface area contributed by atoms with E-state index in [-0.39, 0.29) is 0 Å². The number of carboxylic acid groups (broad SMARTS) is 1. The number of halogens is 3. The minimum Gasteiger partial charge on any atom is -0.497 e. The number of fused-ring (bicyclic) bond motifs is 1. The molecule has 4 aromatic rings. The summed E-state index contributed by atoms with van der Waals surface area (Å²) < 4.78 is 39.0. The number of benzene rings is 1. The standard InChI is InChI=1S/C17H14N4O.C2HF3O2/c1-22-13-4-2-3-12(9-13)15-10-21(11-20-15)16-6-8-19-17-14(16)5-7-18-17;3-2(4,5)1(6)7/h2-11H,1H3,(H,18,19);(H,6,7). The van der Waals surface area contributed by atoms with Crippen molar-refractivity contribution in [1.29, 1.82) is 0 Å². The smallest absolute Gasteiger partial charge is 0.490 e. The highest BCUT2D eigenvalue weighted by atomic mass is 19.4. The molecule has 1 aromatic carbocycles. The molecule has 7 nitrogen and oxygen atoms in total. The van der Waals surface area contributed by atoms with Crippen LogP contribution in [-0.2, 0) is 4.79 Å². The third kappa shape index (κ3) is 4.54. The van der Waals surface area contributed by atoms with Crippen LogP contribution < -0.4 is 4.74 Å². The highest BCUT2D eigenvalue weighted by Gasteiger charge is 2.38. The van der Waals surface area contributed by atoms with Crippen LogP contribution in [0.3, 0.4) is 0 Å². The Kier molecular flexibility index (Phi) is 5.53. The number of hydrogen-bond acceptors (Lipinski definition) is 4. The van der Waals surface area contributed by atoms with E-state index < -0.39 is 12.1 Å². The first-order valence-corrected chi connectivity index (χ1v) is 8.20. The zero-order chi connectivity index (χ0) is 21.0. The molecule has 0 aliphatic carbocycles. The molecular weight excluding hydrogens is 389 g/mol. The number of carboxylic acids is 1. The number of aliphatic carboxylic acids is 1. The van der Waals surface area contributed by atoms with Crippen LogP contribution >= 0.6 is 0 Å². The lowest BCUT2D eigenvalue weighted by molar-refractivity contribution is -0.192. The van der Waals surface area contributed by atoms with E-state index >= 15 is 0 Å². The van der Waals surface area contributed by atoms with Crippen molar-refractivity contribution in [3.05, 3.63) is 61.3 Å². The predicted molar refractivity (Wildman–Crippen MR) is 98.9 cm³/mol. The van der Waals surface area contributed by atoms with E-state index in [1.54, 1.807) is 13.3 Å². The molecular formula is C19H15F3N4O3. The van der Waals surface area contributed by atoms with Gasteiger partial charge in [0.1, 0.15) is 11.4 Å². The summed E-state index contributed by atoms with van der Waals surface area (Å²) in [5, 5.41) is 8.19. The molecule has 4 rings (SSSR count). The summed E-state index contributed by atoms with van der Waals surface area (Å²) in [5.41, 5.74) is 3.85. The van der Waals surface area contributed by atoms with Gasteiger partial charge in [0.05, 0.1) is 24.8 Å². The van der Waals surface area contributed by atoms with Gasteiger partial charge in [-0.25, -0.2) is 14.8 Å². The largest absolute Gasteiger partial charge is 0.497 e. The zero-order valence-electron chi connectivity index (χ0n) is 15.0. The van der Waals surface area contributed by atoms with Crippen molar-refractivity contribution in [3.8, 4) is 22.7 Å². The Morgan fingerprint density at radius 2 is 1.97 bits per heavy atom. The van der Waals surface area contributed by atoms with E-state index in [9.17, 15) is 13.2 Å². The maximum atomic E-state index is 10.6. The lowest BCUT2D eigenvalue weighted by Gasteiger charge is -2.03. The molecule has 0 saturated heterocycles. The van der Waals surface area contributed by atoms with Gasteiger partial charge in [-0.1, -0.05) is 12.1 Å². The Bertz CT molecular complexity index is 1130. The van der Waals surface area contributed by atoms with Gasteiger partial charge in [0.15, 0.2) is 0 Å². The monoisotopic (exact) mass is 404 g/mol. The number of nitrogens with zero attached hydrogens (tertiary/aromatic N) is 3. The number of methoxy groups -OCH3 is 1. The number of aromatic nitrogens is 4. The molecule has 0 atom stereocenters. The average molecular weight is 404 g/mol. The summed E-state index contributed by atoms with van der Waals surface area (Å²) in [6, 6.07) is 11.9. The maximum absolute atomic E-state index is 10.6. The van der Waals surface area contributed by atoms with Crippen LogP contribution in [0.4, 0.5) is 13.2 Å². The Labute approximate surface area is 162 Å². The number of carbonyl (C=O) groups is 1. The minimum absolute atomic E-state index is 0.823. The van der Waals surface area contributed by atoms with Crippen molar-refractivity contribution in [1.82, 2.24) is 19.5 Å². The highest BCUT2D eigenvalue weighted by Crippen LogP contribution is 2.25. The molecule has 150 valence electrons. The van der Waals surface area contributed by atoms with Gasteiger partial charge in [-0.2, -0.15) is 13.2 Å². The van der Waals surface area contributed by atoms with Crippen molar-refractivity contribution < 1.29 is 27.8 Å². The van der Waals surface area contributed by atoms with Crippen molar-refractivity contribution in [2.24, 2.45) is 0 Å². The van der Waals surface area contributed by atoms with Crippen LogP contribution in [0, 0.1) is 0 Å². The normalized spacial score (nSPS) is 11.0. The molecule has 0 aliphatic rings. The van der Waals surface area contributed by atoms with Crippen LogP contribution in [0.25, 0.3) is 28.0 Å². The fourth-order valence-corrected chi connectivity index (χ4v) is 2.56. The molecule has 0 aliphatic heterocycles. The van der Waals surface area contributed by atoms with E-state index in [1.165, 1.54) is 0 Å². The number of aromatic amines is 1. The van der Waals surface area contributed by atoms with E-state index in [1.807, 2.05) is 59.7 Å². The number of imidazole rings is 1. The quantitative estimate of drug-likeness (QED) is 0.537. The van der Waals surface area contributed by atoms with Crippen LogP contribution in [0.2, 0.25) is 0 Å². The van der Waals surface area contributed by atoms with Crippen molar-refractivity contribution in [3.63, 3.8) is 0 Å². The van der Waals surface area contributed by atoms with E-state index in [4.69, 9.17) is 14.6 Å². The Morgan fingerprint density at radius 1 is 1.21 bits per heavy atom. The lowest BCUT2D eigenvalue weighted by atomic mass is 10.1. The summed E-state index contributed by atoms with van der Waals surface area (Å²) >= 11 is 0. The van der Waals surface area contributed by atoms with Crippen molar-refractivity contribution in [2.75, 3.05) is 7.11 Å². The molecule has 3 heterocycles. The van der Waals surface area contributed by atoms with Crippen LogP contribution in [0.15, 0.2) is 61.3 Å². The minimum atomic E-state index is -5.08. The van der Waals surface area contributed by atoms with Crippen LogP contribution in [0.1, 0.15) is 0 Å². The summed E-state index contributed by atoms with van der Waals surface area (Å²) in [6.45, 7) is 0. The van der Waals surface area contributed by atoms with Crippen molar-refractivity contribution in [2.45, 2.75) is 6.18 Å². The Morgan fingerprint density at radius 3 is 2.66 bits per heavy atom. The second-order valence-corrected chi connectivity index (χ2v) is 5.77. The molecule has 0 spiro atoms. The molecule has 29 heavy (non-hydrogen) atoms. The molecule has 0 saturated carbocycles. The van der Waals surface area contributed by atoms with Gasteiger partial charge in [0.25, 0.3) is 0 Å². The van der Waals surface area contributed by atoms with Gasteiger partial charge in [-0.15, -0.1) is 0 Å². The number of rotatable bonds is 3. The predicted octanol–water partition coefficient (Wildman–Crippen LogP) is 4.06. The maximum Gasteiger partial charge on any atom is 0.490 e. The van der Waals surface area contributed by atoms with Crippen LogP contribution in [-0.4, -0.2) is 43.9 Å². The number of pyridine rings is 1. The number of hydrogen-bond donors (Lipinski definition) is 2. The first kappa shape index (κ1) is 19.9. The molecule has 2 N–H and O–H groups in total. The molecule has 0 bridgehead atoms. The average Bonchev–Trinajstić information content (AvgIpc) is 3.37. The molecule has 3 aromatic heterocycles. The molecule has 0 amide bonds. The first-order chi connectivity index (χ1) is 13.8. The molecule has 0 fully saturated rings. The summed E-state index contributed by atoms with van der Waals surface area (Å²) in [4.78, 5) is 20.8. The van der Waals surface area contributed by atoms with E-state index in [2.05, 4.69) is 15.0 Å². The van der Waals surface area contributed by atoms with Gasteiger partial charge >= 0.3 is 12.1 Å². The van der Waals surface area contributed by atoms with Gasteiger partial charge in [-0.3, -0.25) is 0 Å². The first-order valence-electron chi connectivity index (χ1n) is 8.20. The van der Waals surface area contributed by atoms with E-state index in [0.717, 1.165) is 33.7 Å². The molecule has 0 unspecified atom stereocenters. The van der Waals surface area contributed by atoms with E-state index in [0.29, 0.717) is 0 Å². The zero-order valence-corrected chi connectivity index (χ0v) is 15.0. The number of ether oxygens (including phenoxy) is 1. The van der Waals surface area contributed by atoms with Crippen molar-refractivity contribution >= 4 is 17.0 Å². The Balaban J connectivity index is 0.000000298. The topological polar surface area (TPSA) is 93.0 Å². The Hall–Kier alpha value is -3.82. The van der Waals surface area contributed by atoms with Gasteiger partial charge < -0.3 is 19.4 Å². The highest BCUT2D eigenvalue weighted by molar-refractivity contribution is 5.84. The number of alkyl halides is 3. The van der Waals surface area contributed by atoms with Gasteiger partial charge in [0, 0.05) is 29.5 Å². The SMILES string of the molecule is COc1cccc(-c2cn(-c3ccnc4[nH]ccc34)cn2)c1.O=C(O)C(F)(F)F. The van der Waals surface area contributed by atoms with Gasteiger partial charge in [0.2, 0.25) is 0 Å². The summed E-state index contributed by atoms with van der Waals surface area (Å²) in [6.07, 6.45) is 2.42. The fourth-order valence-electron chi connectivity index (χ4n) is 2.56. The third-order valence-corrected chi connectivity index (χ3v) is 3.91. The van der Waals surface area contributed by atoms with Crippen LogP contribution in [0.5, 0.6) is 5.75 Å². The number of nitrogens with one attached hydrogen (secondary N) is 1. The molecule has 10 heteroatoms. The second kappa shape index (κ2) is 8.05. The molecule has 0 radical (unpaired) electrons. The summed E-state index contributed by atoms with van der Waals surface area (Å²) in [5.74, 6) is -1.93. The lowest BCUT2D eigenvalue weighted by Crippen LogP contribution is -2.21. The third-order valence-electron chi connectivity index (χ3n) is 3.91. The number of H-pyrrole nitrogens is 1. The van der Waals surface area contributed by atoms with Gasteiger partial charge in [-0.05, 0) is 24.3 Å². The fraction of sp³-hybridized carbons (Fsp3) is 0.105. The second-order valence-electron chi connectivity index (χ2n) is 5.77. The summed E-state index contributed by atoms with van der Waals surface area (Å²) in [7, 11) is 1.66.